The van der Waals surface area contributed by atoms with Gasteiger partial charge in [-0.1, -0.05) is 41.7 Å². The van der Waals surface area contributed by atoms with Crippen LogP contribution in [-0.4, -0.2) is 15.0 Å². The smallest absolute Gasteiger partial charge is 0.248 e. The van der Waals surface area contributed by atoms with Gasteiger partial charge in [-0.2, -0.15) is 4.98 Å². The highest BCUT2D eigenvalue weighted by Crippen LogP contribution is 2.34. The van der Waals surface area contributed by atoms with Crippen molar-refractivity contribution < 1.29 is 4.74 Å². The fourth-order valence-corrected chi connectivity index (χ4v) is 3.34. The maximum absolute atomic E-state index is 6.17. The molecule has 0 saturated heterocycles. The SMILES string of the molecule is Cc1cccc2sc(Nc3ncnc(Oc4ccccc4)c3N)nc12. The monoisotopic (exact) mass is 349 g/mol. The zero-order valence-electron chi connectivity index (χ0n) is 13.4. The zero-order valence-corrected chi connectivity index (χ0v) is 14.2. The number of hydrogen-bond acceptors (Lipinski definition) is 7. The van der Waals surface area contributed by atoms with Gasteiger partial charge in [-0.3, -0.25) is 0 Å². The van der Waals surface area contributed by atoms with E-state index in [-0.39, 0.29) is 0 Å². The van der Waals surface area contributed by atoms with Crippen LogP contribution in [0.5, 0.6) is 11.6 Å². The van der Waals surface area contributed by atoms with Gasteiger partial charge in [-0.15, -0.1) is 0 Å². The average molecular weight is 349 g/mol. The Kier molecular flexibility index (Phi) is 3.91. The molecule has 0 atom stereocenters. The highest BCUT2D eigenvalue weighted by molar-refractivity contribution is 7.22. The summed E-state index contributed by atoms with van der Waals surface area (Å²) in [5, 5.41) is 3.89. The normalized spacial score (nSPS) is 10.8. The van der Waals surface area contributed by atoms with Crippen LogP contribution in [0.25, 0.3) is 10.2 Å². The number of nitrogens with zero attached hydrogens (tertiary/aromatic N) is 3. The lowest BCUT2D eigenvalue weighted by atomic mass is 10.2. The summed E-state index contributed by atoms with van der Waals surface area (Å²) in [6.45, 7) is 2.04. The van der Waals surface area contributed by atoms with Crippen molar-refractivity contribution in [2.45, 2.75) is 6.92 Å². The van der Waals surface area contributed by atoms with Crippen LogP contribution in [0.15, 0.2) is 54.9 Å². The Morgan fingerprint density at radius 1 is 1.04 bits per heavy atom. The predicted octanol–water partition coefficient (Wildman–Crippen LogP) is 4.51. The van der Waals surface area contributed by atoms with E-state index in [4.69, 9.17) is 10.5 Å². The quantitative estimate of drug-likeness (QED) is 0.564. The molecule has 0 aliphatic rings. The van der Waals surface area contributed by atoms with Gasteiger partial charge in [0.05, 0.1) is 10.2 Å². The van der Waals surface area contributed by atoms with Gasteiger partial charge in [0.25, 0.3) is 0 Å². The van der Waals surface area contributed by atoms with Gasteiger partial charge >= 0.3 is 0 Å². The van der Waals surface area contributed by atoms with Gasteiger partial charge in [0.1, 0.15) is 17.8 Å². The van der Waals surface area contributed by atoms with Gasteiger partial charge < -0.3 is 15.8 Å². The van der Waals surface area contributed by atoms with E-state index in [0.717, 1.165) is 20.9 Å². The summed E-state index contributed by atoms with van der Waals surface area (Å²) in [7, 11) is 0. The number of nitrogens with two attached hydrogens (primary N) is 1. The molecule has 0 bridgehead atoms. The molecule has 0 amide bonds. The van der Waals surface area contributed by atoms with Crippen molar-refractivity contribution in [1.82, 2.24) is 15.0 Å². The molecule has 6 nitrogen and oxygen atoms in total. The summed E-state index contributed by atoms with van der Waals surface area (Å²) in [6, 6.07) is 15.5. The first-order valence-corrected chi connectivity index (χ1v) is 8.49. The summed E-state index contributed by atoms with van der Waals surface area (Å²) < 4.78 is 6.84. The van der Waals surface area contributed by atoms with Crippen molar-refractivity contribution in [2.24, 2.45) is 0 Å². The summed E-state index contributed by atoms with van der Waals surface area (Å²) in [5.41, 5.74) is 8.61. The predicted molar refractivity (Wildman–Crippen MR) is 101 cm³/mol. The number of anilines is 3. The summed E-state index contributed by atoms with van der Waals surface area (Å²) in [6.07, 6.45) is 1.41. The first kappa shape index (κ1) is 15.3. The Labute approximate surface area is 148 Å². The number of nitrogen functional groups attached to an aromatic ring is 1. The molecule has 25 heavy (non-hydrogen) atoms. The molecule has 2 heterocycles. The van der Waals surface area contributed by atoms with Gasteiger partial charge in [0.15, 0.2) is 10.9 Å². The first-order chi connectivity index (χ1) is 12.2. The maximum atomic E-state index is 6.17. The Bertz CT molecular complexity index is 1030. The summed E-state index contributed by atoms with van der Waals surface area (Å²) in [4.78, 5) is 12.9. The van der Waals surface area contributed by atoms with Crippen LogP contribution in [-0.2, 0) is 0 Å². The summed E-state index contributed by atoms with van der Waals surface area (Å²) in [5.74, 6) is 1.44. The van der Waals surface area contributed by atoms with Gasteiger partial charge in [-0.05, 0) is 30.7 Å². The van der Waals surface area contributed by atoms with E-state index in [2.05, 4.69) is 20.3 Å². The van der Waals surface area contributed by atoms with E-state index in [1.165, 1.54) is 6.33 Å². The minimum absolute atomic E-state index is 0.306. The Morgan fingerprint density at radius 3 is 2.68 bits per heavy atom. The Balaban J connectivity index is 1.64. The number of aromatic nitrogens is 3. The fourth-order valence-electron chi connectivity index (χ4n) is 2.40. The number of thiazole rings is 1. The molecule has 2 aromatic heterocycles. The largest absolute Gasteiger partial charge is 0.437 e. The van der Waals surface area contributed by atoms with Crippen LogP contribution in [0, 0.1) is 6.92 Å². The third kappa shape index (κ3) is 3.09. The van der Waals surface area contributed by atoms with Gasteiger partial charge in [0.2, 0.25) is 5.88 Å². The topological polar surface area (TPSA) is 86.0 Å². The molecule has 4 aromatic rings. The fraction of sp³-hybridized carbons (Fsp3) is 0.0556. The lowest BCUT2D eigenvalue weighted by molar-refractivity contribution is 0.464. The molecule has 0 saturated carbocycles. The van der Waals surface area contributed by atoms with Gasteiger partial charge in [-0.25, -0.2) is 9.97 Å². The van der Waals surface area contributed by atoms with Crippen LogP contribution < -0.4 is 15.8 Å². The Morgan fingerprint density at radius 2 is 1.88 bits per heavy atom. The molecule has 0 radical (unpaired) electrons. The molecule has 0 spiro atoms. The molecular formula is C18H15N5OS. The molecule has 0 aliphatic heterocycles. The van der Waals surface area contributed by atoms with E-state index in [9.17, 15) is 0 Å². The van der Waals surface area contributed by atoms with Crippen molar-refractivity contribution in [3.8, 4) is 11.6 Å². The van der Waals surface area contributed by atoms with E-state index in [0.29, 0.717) is 23.1 Å². The van der Waals surface area contributed by atoms with Gasteiger partial charge in [0, 0.05) is 0 Å². The zero-order chi connectivity index (χ0) is 17.2. The third-order valence-electron chi connectivity index (χ3n) is 3.65. The molecule has 0 fully saturated rings. The molecule has 124 valence electrons. The van der Waals surface area contributed by atoms with Crippen molar-refractivity contribution in [2.75, 3.05) is 11.1 Å². The molecule has 0 unspecified atom stereocenters. The molecular weight excluding hydrogens is 334 g/mol. The minimum Gasteiger partial charge on any atom is -0.437 e. The lowest BCUT2D eigenvalue weighted by Gasteiger charge is -2.10. The van der Waals surface area contributed by atoms with Crippen molar-refractivity contribution in [3.63, 3.8) is 0 Å². The molecule has 0 aliphatic carbocycles. The third-order valence-corrected chi connectivity index (χ3v) is 4.59. The number of para-hydroxylation sites is 2. The first-order valence-electron chi connectivity index (χ1n) is 7.67. The Hall–Kier alpha value is -3.19. The van der Waals surface area contributed by atoms with Crippen molar-refractivity contribution >= 4 is 38.2 Å². The maximum Gasteiger partial charge on any atom is 0.248 e. The number of rotatable bonds is 4. The second-order valence-corrected chi connectivity index (χ2v) is 6.45. The van der Waals surface area contributed by atoms with Crippen molar-refractivity contribution in [1.29, 1.82) is 0 Å². The standard InChI is InChI=1S/C18H15N5OS/c1-11-6-5-9-13-15(11)22-18(25-13)23-16-14(19)17(21-10-20-16)24-12-7-3-2-4-8-12/h2-10H,19H2,1H3,(H,20,21,22,23). The average Bonchev–Trinajstić information content (AvgIpc) is 3.03. The number of fused-ring (bicyclic) bond motifs is 1. The van der Waals surface area contributed by atoms with Crippen LogP contribution in [0.3, 0.4) is 0 Å². The highest BCUT2D eigenvalue weighted by atomic mass is 32.1. The number of ether oxygens (including phenoxy) is 1. The number of benzene rings is 2. The summed E-state index contributed by atoms with van der Waals surface area (Å²) >= 11 is 1.55. The number of aryl methyl sites for hydroxylation is 1. The van der Waals surface area contributed by atoms with E-state index < -0.39 is 0 Å². The van der Waals surface area contributed by atoms with Crippen LogP contribution in [0.2, 0.25) is 0 Å². The minimum atomic E-state index is 0.306. The molecule has 7 heteroatoms. The van der Waals surface area contributed by atoms with Crippen LogP contribution >= 0.6 is 11.3 Å². The highest BCUT2D eigenvalue weighted by Gasteiger charge is 2.13. The van der Waals surface area contributed by atoms with E-state index in [1.54, 1.807) is 11.3 Å². The van der Waals surface area contributed by atoms with E-state index in [1.807, 2.05) is 55.5 Å². The lowest BCUT2D eigenvalue weighted by Crippen LogP contribution is -2.02. The van der Waals surface area contributed by atoms with Crippen LogP contribution in [0.1, 0.15) is 5.56 Å². The number of hydrogen-bond donors (Lipinski definition) is 2. The molecule has 3 N–H and O–H groups in total. The van der Waals surface area contributed by atoms with E-state index >= 15 is 0 Å². The van der Waals surface area contributed by atoms with Crippen molar-refractivity contribution in [3.05, 3.63) is 60.4 Å². The molecule has 2 aromatic carbocycles. The second kappa shape index (κ2) is 6.37. The number of nitrogens with one attached hydrogen (secondary N) is 1. The molecule has 4 rings (SSSR count). The second-order valence-electron chi connectivity index (χ2n) is 5.42. The van der Waals surface area contributed by atoms with Crippen LogP contribution in [0.4, 0.5) is 16.6 Å².